The van der Waals surface area contributed by atoms with Gasteiger partial charge in [0.25, 0.3) is 10.0 Å². The van der Waals surface area contributed by atoms with Crippen LogP contribution in [0.4, 0.5) is 5.69 Å². The second-order valence-corrected chi connectivity index (χ2v) is 6.41. The third kappa shape index (κ3) is 2.71. The minimum atomic E-state index is -3.79. The Bertz CT molecular complexity index is 960. The quantitative estimate of drug-likeness (QED) is 0.748. The number of Topliss-reactive ketones (excluding diaryl/α,β-unsaturated/α-hetero) is 1. The van der Waals surface area contributed by atoms with Crippen molar-refractivity contribution < 1.29 is 17.6 Å². The van der Waals surface area contributed by atoms with E-state index in [2.05, 4.69) is 9.71 Å². The number of sulfonamides is 1. The number of oxazole rings is 1. The summed E-state index contributed by atoms with van der Waals surface area (Å²) in [7, 11) is -3.79. The summed E-state index contributed by atoms with van der Waals surface area (Å²) in [5.41, 5.74) is 1.82. The van der Waals surface area contributed by atoms with Gasteiger partial charge in [0.05, 0.1) is 10.6 Å². The lowest BCUT2D eigenvalue weighted by atomic mass is 10.2. The van der Waals surface area contributed by atoms with Gasteiger partial charge in [0.15, 0.2) is 17.8 Å². The number of anilines is 1. The van der Waals surface area contributed by atoms with Gasteiger partial charge >= 0.3 is 0 Å². The molecule has 0 saturated heterocycles. The molecule has 3 aromatic rings. The summed E-state index contributed by atoms with van der Waals surface area (Å²) in [5.74, 6) is -0.194. The summed E-state index contributed by atoms with van der Waals surface area (Å²) in [4.78, 5) is 15.4. The maximum atomic E-state index is 12.4. The minimum absolute atomic E-state index is 0.0258. The molecule has 6 nitrogen and oxygen atoms in total. The van der Waals surface area contributed by atoms with Crippen molar-refractivity contribution in [3.63, 3.8) is 0 Å². The molecule has 0 spiro atoms. The second kappa shape index (κ2) is 5.27. The van der Waals surface area contributed by atoms with Gasteiger partial charge in [-0.2, -0.15) is 0 Å². The smallest absolute Gasteiger partial charge is 0.261 e. The summed E-state index contributed by atoms with van der Waals surface area (Å²) >= 11 is 0. The molecule has 7 heteroatoms. The molecule has 2 aromatic carbocycles. The lowest BCUT2D eigenvalue weighted by Crippen LogP contribution is -2.13. The Labute approximate surface area is 126 Å². The highest BCUT2D eigenvalue weighted by atomic mass is 32.2. The summed E-state index contributed by atoms with van der Waals surface area (Å²) in [6, 6.07) is 10.7. The molecule has 1 heterocycles. The molecule has 0 saturated carbocycles. The Kier molecular flexibility index (Phi) is 3.42. The topological polar surface area (TPSA) is 89.3 Å². The van der Waals surface area contributed by atoms with Gasteiger partial charge < -0.3 is 4.42 Å². The number of carbonyl (C=O) groups excluding carboxylic acids is 1. The van der Waals surface area contributed by atoms with Gasteiger partial charge in [-0.15, -0.1) is 0 Å². The molecular weight excluding hydrogens is 304 g/mol. The third-order valence-electron chi connectivity index (χ3n) is 3.13. The molecule has 3 rings (SSSR count). The van der Waals surface area contributed by atoms with Crippen LogP contribution in [-0.2, 0) is 10.0 Å². The lowest BCUT2D eigenvalue weighted by molar-refractivity contribution is 0.101. The van der Waals surface area contributed by atoms with Crippen molar-refractivity contribution in [2.45, 2.75) is 11.8 Å². The predicted octanol–water partition coefficient (Wildman–Crippen LogP) is 2.83. The summed E-state index contributed by atoms with van der Waals surface area (Å²) in [6.45, 7) is 1.39. The van der Waals surface area contributed by atoms with E-state index in [1.807, 2.05) is 0 Å². The lowest BCUT2D eigenvalue weighted by Gasteiger charge is -2.08. The molecule has 0 bridgehead atoms. The number of carbonyl (C=O) groups is 1. The first kappa shape index (κ1) is 14.3. The first-order chi connectivity index (χ1) is 10.5. The Morgan fingerprint density at radius 3 is 2.77 bits per heavy atom. The van der Waals surface area contributed by atoms with Crippen molar-refractivity contribution >= 4 is 32.6 Å². The van der Waals surface area contributed by atoms with E-state index in [0.717, 1.165) is 0 Å². The highest BCUT2D eigenvalue weighted by molar-refractivity contribution is 7.92. The molecule has 0 aliphatic heterocycles. The maximum Gasteiger partial charge on any atom is 0.261 e. The van der Waals surface area contributed by atoms with Gasteiger partial charge in [-0.05, 0) is 31.2 Å². The Morgan fingerprint density at radius 2 is 2.00 bits per heavy atom. The number of nitrogens with zero attached hydrogens (tertiary/aromatic N) is 1. The van der Waals surface area contributed by atoms with E-state index in [0.29, 0.717) is 22.4 Å². The molecule has 22 heavy (non-hydrogen) atoms. The van der Waals surface area contributed by atoms with Crippen LogP contribution in [0, 0.1) is 0 Å². The number of hydrogen-bond acceptors (Lipinski definition) is 5. The first-order valence-corrected chi connectivity index (χ1v) is 7.91. The van der Waals surface area contributed by atoms with Crippen molar-refractivity contribution in [1.82, 2.24) is 4.98 Å². The molecule has 0 radical (unpaired) electrons. The van der Waals surface area contributed by atoms with E-state index in [1.54, 1.807) is 24.3 Å². The van der Waals surface area contributed by atoms with Crippen LogP contribution in [0.2, 0.25) is 0 Å². The van der Waals surface area contributed by atoms with Gasteiger partial charge in [-0.1, -0.05) is 12.1 Å². The van der Waals surface area contributed by atoms with Gasteiger partial charge in [0.1, 0.15) is 5.52 Å². The van der Waals surface area contributed by atoms with Gasteiger partial charge in [-0.3, -0.25) is 9.52 Å². The average Bonchev–Trinajstić information content (AvgIpc) is 2.94. The van der Waals surface area contributed by atoms with Gasteiger partial charge in [-0.25, -0.2) is 13.4 Å². The number of ketones is 1. The molecule has 1 N–H and O–H groups in total. The average molecular weight is 316 g/mol. The van der Waals surface area contributed by atoms with E-state index >= 15 is 0 Å². The number of fused-ring (bicyclic) bond motifs is 1. The van der Waals surface area contributed by atoms with Crippen molar-refractivity contribution in [2.24, 2.45) is 0 Å². The molecule has 1 aromatic heterocycles. The SMILES string of the molecule is CC(=O)c1cccc(S(=O)(=O)Nc2ccc3ncoc3c2)c1. The van der Waals surface area contributed by atoms with Crippen molar-refractivity contribution in [2.75, 3.05) is 4.72 Å². The Hall–Kier alpha value is -2.67. The number of hydrogen-bond donors (Lipinski definition) is 1. The molecule has 0 aliphatic rings. The van der Waals surface area contributed by atoms with Crippen LogP contribution in [0.3, 0.4) is 0 Å². The summed E-state index contributed by atoms with van der Waals surface area (Å²) in [5, 5.41) is 0. The maximum absolute atomic E-state index is 12.4. The fourth-order valence-electron chi connectivity index (χ4n) is 2.01. The predicted molar refractivity (Wildman–Crippen MR) is 81.3 cm³/mol. The van der Waals surface area contributed by atoms with Crippen LogP contribution < -0.4 is 4.72 Å². The van der Waals surface area contributed by atoms with Crippen LogP contribution >= 0.6 is 0 Å². The number of nitrogens with one attached hydrogen (secondary N) is 1. The van der Waals surface area contributed by atoms with Crippen molar-refractivity contribution in [1.29, 1.82) is 0 Å². The zero-order valence-corrected chi connectivity index (χ0v) is 12.4. The molecule has 0 atom stereocenters. The zero-order chi connectivity index (χ0) is 15.7. The largest absolute Gasteiger partial charge is 0.443 e. The van der Waals surface area contributed by atoms with Crippen LogP contribution in [-0.4, -0.2) is 19.2 Å². The van der Waals surface area contributed by atoms with E-state index < -0.39 is 10.0 Å². The van der Waals surface area contributed by atoms with Crippen LogP contribution in [0.15, 0.2) is 58.2 Å². The van der Waals surface area contributed by atoms with Crippen molar-refractivity contribution in [3.8, 4) is 0 Å². The number of rotatable bonds is 4. The zero-order valence-electron chi connectivity index (χ0n) is 11.6. The number of aromatic nitrogens is 1. The molecular formula is C15H12N2O4S. The summed E-state index contributed by atoms with van der Waals surface area (Å²) < 4.78 is 32.4. The normalized spacial score (nSPS) is 11.5. The highest BCUT2D eigenvalue weighted by Gasteiger charge is 2.16. The third-order valence-corrected chi connectivity index (χ3v) is 4.51. The van der Waals surface area contributed by atoms with E-state index in [4.69, 9.17) is 4.42 Å². The van der Waals surface area contributed by atoms with E-state index in [1.165, 1.54) is 31.5 Å². The van der Waals surface area contributed by atoms with E-state index in [-0.39, 0.29) is 10.7 Å². The van der Waals surface area contributed by atoms with Crippen LogP contribution in [0.1, 0.15) is 17.3 Å². The fraction of sp³-hybridized carbons (Fsp3) is 0.0667. The molecule has 0 aliphatic carbocycles. The first-order valence-electron chi connectivity index (χ1n) is 6.43. The molecule has 112 valence electrons. The monoisotopic (exact) mass is 316 g/mol. The van der Waals surface area contributed by atoms with Gasteiger partial charge in [0, 0.05) is 11.6 Å². The second-order valence-electron chi connectivity index (χ2n) is 4.72. The summed E-state index contributed by atoms with van der Waals surface area (Å²) in [6.07, 6.45) is 1.29. The van der Waals surface area contributed by atoms with E-state index in [9.17, 15) is 13.2 Å². The Balaban J connectivity index is 1.95. The standard InChI is InChI=1S/C15H12N2O4S/c1-10(18)11-3-2-4-13(7-11)22(19,20)17-12-5-6-14-15(8-12)21-9-16-14/h2-9,17H,1H3. The minimum Gasteiger partial charge on any atom is -0.443 e. The van der Waals surface area contributed by atoms with Crippen LogP contribution in [0.25, 0.3) is 11.1 Å². The fourth-order valence-corrected chi connectivity index (χ4v) is 3.11. The number of benzene rings is 2. The molecule has 0 unspecified atom stereocenters. The van der Waals surface area contributed by atoms with Crippen molar-refractivity contribution in [3.05, 3.63) is 54.4 Å². The van der Waals surface area contributed by atoms with Crippen LogP contribution in [0.5, 0.6) is 0 Å². The molecule has 0 amide bonds. The molecule has 0 fully saturated rings. The van der Waals surface area contributed by atoms with Gasteiger partial charge in [0.2, 0.25) is 0 Å². The Morgan fingerprint density at radius 1 is 1.18 bits per heavy atom. The highest BCUT2D eigenvalue weighted by Crippen LogP contribution is 2.21.